The summed E-state index contributed by atoms with van der Waals surface area (Å²) in [6.45, 7) is -2.04. The molecule has 34 heavy (non-hydrogen) atoms. The van der Waals surface area contributed by atoms with E-state index in [1.54, 1.807) is 78.9 Å². The first kappa shape index (κ1) is 21.0. The van der Waals surface area contributed by atoms with Crippen molar-refractivity contribution in [3.05, 3.63) is 108 Å². The van der Waals surface area contributed by atoms with Crippen molar-refractivity contribution in [3.8, 4) is 0 Å². The molecule has 1 N–H and O–H groups in total. The Bertz CT molecular complexity index is 1130. The van der Waals surface area contributed by atoms with Gasteiger partial charge in [0.2, 0.25) is 0 Å². The maximum atomic E-state index is 13.7. The summed E-state index contributed by atoms with van der Waals surface area (Å²) in [5, 5.41) is 10.4. The third kappa shape index (κ3) is 6.84. The van der Waals surface area contributed by atoms with E-state index in [4.69, 9.17) is 27.2 Å². The molecule has 1 aliphatic rings. The molecule has 3 aromatic carbocycles. The van der Waals surface area contributed by atoms with Crippen molar-refractivity contribution in [1.82, 2.24) is 0 Å². The first-order valence-electron chi connectivity index (χ1n) is 12.3. The van der Waals surface area contributed by atoms with E-state index in [2.05, 4.69) is 0 Å². The summed E-state index contributed by atoms with van der Waals surface area (Å²) in [4.78, 5) is 0. The van der Waals surface area contributed by atoms with E-state index in [1.165, 1.54) is 0 Å². The van der Waals surface area contributed by atoms with E-state index in [0.717, 1.165) is 6.92 Å². The lowest BCUT2D eigenvalue weighted by Gasteiger charge is -2.22. The molecule has 7 nitrogen and oxygen atoms in total. The van der Waals surface area contributed by atoms with Crippen molar-refractivity contribution in [2.75, 3.05) is 6.56 Å². The molecular formula is C26H29O7P. The zero-order chi connectivity index (χ0) is 26.5. The molecule has 1 heterocycles. The lowest BCUT2D eigenvalue weighted by Crippen LogP contribution is -2.36. The summed E-state index contributed by atoms with van der Waals surface area (Å²) in [5.74, 6) is 0. The summed E-state index contributed by atoms with van der Waals surface area (Å²) in [5.41, 5.74) is 1.90. The van der Waals surface area contributed by atoms with Gasteiger partial charge in [0.05, 0.1) is 30.0 Å². The molecule has 0 aromatic heterocycles. The third-order valence-electron chi connectivity index (χ3n) is 5.04. The smallest absolute Gasteiger partial charge is 0.391 e. The highest BCUT2D eigenvalue weighted by atomic mass is 31.2. The van der Waals surface area contributed by atoms with Gasteiger partial charge in [-0.25, -0.2) is 4.57 Å². The Labute approximate surface area is 204 Å². The summed E-state index contributed by atoms with van der Waals surface area (Å²) in [7, 11) is -4.55. The predicted molar refractivity (Wildman–Crippen MR) is 127 cm³/mol. The predicted octanol–water partition coefficient (Wildman–Crippen LogP) is 5.41. The van der Waals surface area contributed by atoms with Crippen LogP contribution in [0.2, 0.25) is 0 Å². The number of rotatable bonds is 11. The van der Waals surface area contributed by atoms with Crippen LogP contribution in [0, 0.1) is 0 Å². The fourth-order valence-electron chi connectivity index (χ4n) is 3.28. The highest BCUT2D eigenvalue weighted by Gasteiger charge is 2.41. The lowest BCUT2D eigenvalue weighted by atomic mass is 10.1. The number of aliphatic hydroxyl groups is 1. The van der Waals surface area contributed by atoms with Crippen molar-refractivity contribution in [3.63, 3.8) is 0 Å². The first-order chi connectivity index (χ1) is 17.6. The minimum atomic E-state index is -4.55. The van der Waals surface area contributed by atoms with E-state index < -0.39 is 39.0 Å². The first-order valence-corrected chi connectivity index (χ1v) is 12.3. The van der Waals surface area contributed by atoms with E-state index in [1.807, 2.05) is 12.1 Å². The molecule has 3 aromatic rings. The van der Waals surface area contributed by atoms with Gasteiger partial charge in [-0.2, -0.15) is 0 Å². The number of hydrogen-bond donors (Lipinski definition) is 1. The van der Waals surface area contributed by atoms with E-state index in [9.17, 15) is 9.67 Å². The van der Waals surface area contributed by atoms with Crippen LogP contribution in [-0.2, 0) is 40.8 Å². The molecule has 0 bridgehead atoms. The van der Waals surface area contributed by atoms with Crippen LogP contribution in [0.1, 0.15) is 34.0 Å². The number of phosphoric acid groups is 1. The van der Waals surface area contributed by atoms with Crippen LogP contribution in [-0.4, -0.2) is 30.0 Å². The van der Waals surface area contributed by atoms with Crippen molar-refractivity contribution in [1.29, 1.82) is 0 Å². The topological polar surface area (TPSA) is 83.5 Å². The highest BCUT2D eigenvalue weighted by molar-refractivity contribution is 7.48. The molecule has 180 valence electrons. The van der Waals surface area contributed by atoms with Crippen molar-refractivity contribution in [2.24, 2.45) is 0 Å². The van der Waals surface area contributed by atoms with Gasteiger partial charge in [0.1, 0.15) is 12.2 Å². The van der Waals surface area contributed by atoms with E-state index in [0.29, 0.717) is 16.7 Å². The monoisotopic (exact) mass is 487 g/mol. The molecule has 0 radical (unpaired) electrons. The Kier molecular flexibility index (Phi) is 7.32. The minimum absolute atomic E-state index is 0.169. The molecule has 4 atom stereocenters. The van der Waals surface area contributed by atoms with Gasteiger partial charge in [-0.15, -0.1) is 0 Å². The highest BCUT2D eigenvalue weighted by Crippen LogP contribution is 2.51. The molecule has 0 saturated carbocycles. The van der Waals surface area contributed by atoms with Crippen LogP contribution in [0.3, 0.4) is 0 Å². The fourth-order valence-corrected chi connectivity index (χ4v) is 4.30. The SMILES string of the molecule is [2H]C(C)(O)[C@@H]1OC(c2ccccc2)O[C@H]1C([2H])([2H])OP(=O)(OCc1ccccc1)OCc1ccccc1. The summed E-state index contributed by atoms with van der Waals surface area (Å²) in [6.07, 6.45) is -6.46. The number of hydrogen-bond acceptors (Lipinski definition) is 7. The standard InChI is InChI=1S/C26H29O7P/c1-20(27)25-24(32-26(33-25)23-15-9-4-10-16-23)19-31-34(28,29-17-21-11-5-2-6-12-21)30-18-22-13-7-3-8-14-22/h2-16,20,24-27H,17-19H2,1H3/t20?,24-,25-,26?/m0/s1/i19D2,20D. The van der Waals surface area contributed by atoms with Crippen LogP contribution in [0.4, 0.5) is 0 Å². The van der Waals surface area contributed by atoms with E-state index >= 15 is 0 Å². The van der Waals surface area contributed by atoms with Gasteiger partial charge in [-0.1, -0.05) is 91.0 Å². The maximum absolute atomic E-state index is 13.7. The molecule has 2 unspecified atom stereocenters. The van der Waals surface area contributed by atoms with Gasteiger partial charge in [-0.05, 0) is 18.1 Å². The summed E-state index contributed by atoms with van der Waals surface area (Å²) < 4.78 is 67.1. The largest absolute Gasteiger partial charge is 0.475 e. The molecule has 1 fully saturated rings. The molecule has 1 saturated heterocycles. The number of ether oxygens (including phenoxy) is 2. The number of benzene rings is 3. The normalized spacial score (nSPS) is 24.1. The average molecular weight is 488 g/mol. The molecule has 0 spiro atoms. The van der Waals surface area contributed by atoms with Gasteiger partial charge in [0.15, 0.2) is 6.29 Å². The Hall–Kier alpha value is -2.35. The van der Waals surface area contributed by atoms with Gasteiger partial charge in [-0.3, -0.25) is 13.6 Å². The second-order valence-corrected chi connectivity index (χ2v) is 9.27. The van der Waals surface area contributed by atoms with Crippen LogP contribution in [0.25, 0.3) is 0 Å². The quantitative estimate of drug-likeness (QED) is 0.362. The zero-order valence-electron chi connectivity index (χ0n) is 21.7. The number of phosphoric ester groups is 1. The van der Waals surface area contributed by atoms with Crippen molar-refractivity contribution < 1.29 is 36.8 Å². The van der Waals surface area contributed by atoms with Crippen LogP contribution < -0.4 is 0 Å². The van der Waals surface area contributed by atoms with Gasteiger partial charge >= 0.3 is 7.82 Å². The average Bonchev–Trinajstić information content (AvgIpc) is 3.36. The Morgan fingerprint density at radius 1 is 0.882 bits per heavy atom. The molecule has 0 aliphatic carbocycles. The van der Waals surface area contributed by atoms with Gasteiger partial charge in [0, 0.05) is 5.56 Å². The molecule has 1 aliphatic heterocycles. The van der Waals surface area contributed by atoms with Crippen LogP contribution >= 0.6 is 7.82 Å². The van der Waals surface area contributed by atoms with Gasteiger partial charge in [0.25, 0.3) is 0 Å². The summed E-state index contributed by atoms with van der Waals surface area (Å²) in [6, 6.07) is 26.5. The molecular weight excluding hydrogens is 455 g/mol. The Balaban J connectivity index is 1.57. The lowest BCUT2D eigenvalue weighted by molar-refractivity contribution is -0.0844. The second kappa shape index (κ2) is 11.9. The van der Waals surface area contributed by atoms with Crippen LogP contribution in [0.15, 0.2) is 91.0 Å². The Morgan fingerprint density at radius 2 is 1.38 bits per heavy atom. The molecule has 8 heteroatoms. The Morgan fingerprint density at radius 3 is 1.88 bits per heavy atom. The molecule has 0 amide bonds. The fraction of sp³-hybridized carbons (Fsp3) is 0.308. The minimum Gasteiger partial charge on any atom is -0.391 e. The zero-order valence-corrected chi connectivity index (χ0v) is 19.5. The van der Waals surface area contributed by atoms with E-state index in [-0.39, 0.29) is 13.2 Å². The molecule has 4 rings (SSSR count). The van der Waals surface area contributed by atoms with Crippen molar-refractivity contribution in [2.45, 2.75) is 44.7 Å². The third-order valence-corrected chi connectivity index (χ3v) is 6.26. The maximum Gasteiger partial charge on any atom is 0.475 e. The van der Waals surface area contributed by atoms with Crippen LogP contribution in [0.5, 0.6) is 0 Å². The van der Waals surface area contributed by atoms with Crippen molar-refractivity contribution >= 4 is 7.82 Å². The summed E-state index contributed by atoms with van der Waals surface area (Å²) >= 11 is 0. The van der Waals surface area contributed by atoms with Gasteiger partial charge < -0.3 is 14.6 Å². The second-order valence-electron chi connectivity index (χ2n) is 7.67.